The molecule has 0 saturated carbocycles. The standard InChI is InChI=1S/C29H30Cl4N2O2S/c1-19(2)15-34-29(37)27(14-20-7-4-3-5-8-20)35(16-22-23(30)9-6-10-24(22)31)28(36)18-38-17-21-11-12-25(32)26(33)13-21/h3-13,19,27H,14-18H2,1-2H3,(H,34,37)/t27-/m1/s1. The smallest absolute Gasteiger partial charge is 0.243 e. The minimum Gasteiger partial charge on any atom is -0.354 e. The van der Waals surface area contributed by atoms with Crippen molar-refractivity contribution < 1.29 is 9.59 Å². The summed E-state index contributed by atoms with van der Waals surface area (Å²) < 4.78 is 0. The lowest BCUT2D eigenvalue weighted by molar-refractivity contribution is -0.139. The molecule has 4 nitrogen and oxygen atoms in total. The van der Waals surface area contributed by atoms with E-state index in [-0.39, 0.29) is 30.0 Å². The molecular formula is C29H30Cl4N2O2S. The summed E-state index contributed by atoms with van der Waals surface area (Å²) in [5, 5.41) is 4.85. The molecule has 202 valence electrons. The molecule has 38 heavy (non-hydrogen) atoms. The first-order chi connectivity index (χ1) is 18.2. The summed E-state index contributed by atoms with van der Waals surface area (Å²) in [6.07, 6.45) is 0.357. The SMILES string of the molecule is CC(C)CNC(=O)[C@@H](Cc1ccccc1)N(Cc1c(Cl)cccc1Cl)C(=O)CSCc1ccc(Cl)c(Cl)c1. The van der Waals surface area contributed by atoms with Crippen molar-refractivity contribution in [2.45, 2.75) is 38.6 Å². The van der Waals surface area contributed by atoms with E-state index in [9.17, 15) is 9.59 Å². The van der Waals surface area contributed by atoms with E-state index in [4.69, 9.17) is 46.4 Å². The number of nitrogens with one attached hydrogen (secondary N) is 1. The van der Waals surface area contributed by atoms with Crippen molar-refractivity contribution in [1.82, 2.24) is 10.2 Å². The van der Waals surface area contributed by atoms with Crippen molar-refractivity contribution in [1.29, 1.82) is 0 Å². The molecule has 0 aromatic heterocycles. The van der Waals surface area contributed by atoms with Crippen molar-refractivity contribution >= 4 is 70.0 Å². The second-order valence-electron chi connectivity index (χ2n) is 9.31. The first kappa shape index (κ1) is 30.6. The Bertz CT molecular complexity index is 1220. The van der Waals surface area contributed by atoms with E-state index in [0.29, 0.717) is 44.4 Å². The molecule has 3 rings (SSSR count). The van der Waals surface area contributed by atoms with Gasteiger partial charge >= 0.3 is 0 Å². The summed E-state index contributed by atoms with van der Waals surface area (Å²) in [7, 11) is 0. The number of rotatable bonds is 12. The summed E-state index contributed by atoms with van der Waals surface area (Å²) in [5.74, 6) is 0.581. The van der Waals surface area contributed by atoms with Crippen molar-refractivity contribution in [2.24, 2.45) is 5.92 Å². The van der Waals surface area contributed by atoms with E-state index in [1.165, 1.54) is 11.8 Å². The third kappa shape index (κ3) is 9.10. The molecule has 0 saturated heterocycles. The van der Waals surface area contributed by atoms with Gasteiger partial charge < -0.3 is 10.2 Å². The monoisotopic (exact) mass is 610 g/mol. The Morgan fingerprint density at radius 2 is 1.53 bits per heavy atom. The predicted molar refractivity (Wildman–Crippen MR) is 161 cm³/mol. The van der Waals surface area contributed by atoms with Crippen LogP contribution in [0, 0.1) is 5.92 Å². The highest BCUT2D eigenvalue weighted by Crippen LogP contribution is 2.28. The molecule has 0 fully saturated rings. The first-order valence-corrected chi connectivity index (χ1v) is 14.9. The normalized spacial score (nSPS) is 11.9. The van der Waals surface area contributed by atoms with E-state index >= 15 is 0 Å². The fraction of sp³-hybridized carbons (Fsp3) is 0.310. The molecule has 1 atom stereocenters. The van der Waals surface area contributed by atoms with Gasteiger partial charge in [0.1, 0.15) is 6.04 Å². The van der Waals surface area contributed by atoms with Crippen LogP contribution in [0.2, 0.25) is 20.1 Å². The Morgan fingerprint density at radius 1 is 0.842 bits per heavy atom. The molecule has 3 aromatic carbocycles. The van der Waals surface area contributed by atoms with Crippen LogP contribution in [-0.4, -0.2) is 35.1 Å². The van der Waals surface area contributed by atoms with Crippen molar-refractivity contribution in [2.75, 3.05) is 12.3 Å². The summed E-state index contributed by atoms with van der Waals surface area (Å²) in [6.45, 7) is 4.67. The zero-order valence-electron chi connectivity index (χ0n) is 21.2. The molecule has 0 radical (unpaired) electrons. The Hall–Kier alpha value is -1.89. The van der Waals surface area contributed by atoms with Crippen molar-refractivity contribution in [3.05, 3.63) is 104 Å². The number of hydrogen-bond donors (Lipinski definition) is 1. The predicted octanol–water partition coefficient (Wildman–Crippen LogP) is 7.95. The van der Waals surface area contributed by atoms with Crippen LogP contribution >= 0.6 is 58.2 Å². The number of nitrogens with zero attached hydrogens (tertiary/aromatic N) is 1. The number of thioether (sulfide) groups is 1. The van der Waals surface area contributed by atoms with E-state index in [1.54, 1.807) is 35.2 Å². The van der Waals surface area contributed by atoms with Crippen LogP contribution in [-0.2, 0) is 28.3 Å². The number of carbonyl (C=O) groups is 2. The highest BCUT2D eigenvalue weighted by atomic mass is 35.5. The zero-order chi connectivity index (χ0) is 27.7. The van der Waals surface area contributed by atoms with Gasteiger partial charge in [0, 0.05) is 40.9 Å². The van der Waals surface area contributed by atoms with E-state index in [2.05, 4.69) is 5.32 Å². The quantitative estimate of drug-likeness (QED) is 0.226. The van der Waals surface area contributed by atoms with Crippen LogP contribution in [0.5, 0.6) is 0 Å². The Kier molecular flexibility index (Phi) is 12.1. The van der Waals surface area contributed by atoms with Crippen LogP contribution in [0.15, 0.2) is 66.7 Å². The van der Waals surface area contributed by atoms with Crippen LogP contribution in [0.4, 0.5) is 0 Å². The van der Waals surface area contributed by atoms with Crippen LogP contribution in [0.3, 0.4) is 0 Å². The maximum absolute atomic E-state index is 13.7. The highest BCUT2D eigenvalue weighted by molar-refractivity contribution is 7.99. The van der Waals surface area contributed by atoms with E-state index in [0.717, 1.165) is 11.1 Å². The topological polar surface area (TPSA) is 49.4 Å². The Morgan fingerprint density at radius 3 is 2.16 bits per heavy atom. The second kappa shape index (κ2) is 15.0. The summed E-state index contributed by atoms with van der Waals surface area (Å²) in [5.41, 5.74) is 2.51. The molecule has 2 amide bonds. The molecular weight excluding hydrogens is 582 g/mol. The summed E-state index contributed by atoms with van der Waals surface area (Å²) in [6, 6.07) is 19.5. The lowest BCUT2D eigenvalue weighted by atomic mass is 10.0. The zero-order valence-corrected chi connectivity index (χ0v) is 25.1. The molecule has 0 aliphatic rings. The van der Waals surface area contributed by atoms with Gasteiger partial charge in [-0.1, -0.05) is 103 Å². The highest BCUT2D eigenvalue weighted by Gasteiger charge is 2.31. The Balaban J connectivity index is 1.89. The molecule has 1 N–H and O–H groups in total. The molecule has 0 spiro atoms. The number of hydrogen-bond acceptors (Lipinski definition) is 3. The van der Waals surface area contributed by atoms with Gasteiger partial charge in [-0.05, 0) is 41.3 Å². The summed E-state index contributed by atoms with van der Waals surface area (Å²) >= 11 is 26.6. The number of carbonyl (C=O) groups excluding carboxylic acids is 2. The van der Waals surface area contributed by atoms with Gasteiger partial charge in [-0.15, -0.1) is 11.8 Å². The van der Waals surface area contributed by atoms with Gasteiger partial charge in [0.25, 0.3) is 0 Å². The minimum atomic E-state index is -0.749. The van der Waals surface area contributed by atoms with E-state index < -0.39 is 6.04 Å². The number of halogens is 4. The number of amides is 2. The third-order valence-electron chi connectivity index (χ3n) is 5.82. The first-order valence-electron chi connectivity index (χ1n) is 12.2. The largest absolute Gasteiger partial charge is 0.354 e. The average Bonchev–Trinajstić information content (AvgIpc) is 2.88. The van der Waals surface area contributed by atoms with Gasteiger partial charge in [0.05, 0.1) is 15.8 Å². The molecule has 0 bridgehead atoms. The summed E-state index contributed by atoms with van der Waals surface area (Å²) in [4.78, 5) is 28.9. The fourth-order valence-corrected chi connectivity index (χ4v) is 5.49. The molecule has 9 heteroatoms. The molecule has 0 aliphatic heterocycles. The molecule has 3 aromatic rings. The minimum absolute atomic E-state index is 0.108. The van der Waals surface area contributed by atoms with Gasteiger partial charge in [-0.3, -0.25) is 9.59 Å². The van der Waals surface area contributed by atoms with Gasteiger partial charge in [-0.2, -0.15) is 0 Å². The second-order valence-corrected chi connectivity index (χ2v) is 11.9. The maximum atomic E-state index is 13.7. The van der Waals surface area contributed by atoms with Gasteiger partial charge in [0.15, 0.2) is 0 Å². The Labute approximate surface area is 249 Å². The fourth-order valence-electron chi connectivity index (χ4n) is 3.80. The lowest BCUT2D eigenvalue weighted by Gasteiger charge is -2.32. The van der Waals surface area contributed by atoms with E-state index in [1.807, 2.05) is 50.2 Å². The van der Waals surface area contributed by atoms with Crippen LogP contribution in [0.1, 0.15) is 30.5 Å². The third-order valence-corrected chi connectivity index (χ3v) is 8.26. The molecule has 0 aliphatic carbocycles. The van der Waals surface area contributed by atoms with Crippen LogP contribution in [0.25, 0.3) is 0 Å². The number of benzene rings is 3. The van der Waals surface area contributed by atoms with Gasteiger partial charge in [0.2, 0.25) is 11.8 Å². The average molecular weight is 612 g/mol. The maximum Gasteiger partial charge on any atom is 0.243 e. The van der Waals surface area contributed by atoms with Crippen molar-refractivity contribution in [3.63, 3.8) is 0 Å². The molecule has 0 heterocycles. The molecule has 0 unspecified atom stereocenters. The van der Waals surface area contributed by atoms with Crippen molar-refractivity contribution in [3.8, 4) is 0 Å². The van der Waals surface area contributed by atoms with Crippen LogP contribution < -0.4 is 5.32 Å². The van der Waals surface area contributed by atoms with Gasteiger partial charge in [-0.25, -0.2) is 0 Å². The lowest BCUT2D eigenvalue weighted by Crippen LogP contribution is -2.51.